The third kappa shape index (κ3) is 10.9. The molecule has 2 unspecified atom stereocenters. The summed E-state index contributed by atoms with van der Waals surface area (Å²) >= 11 is 0. The Hall–Kier alpha value is -1.87. The molecule has 0 radical (unpaired) electrons. The molecule has 0 rings (SSSR count). The lowest BCUT2D eigenvalue weighted by molar-refractivity contribution is -0.123. The van der Waals surface area contributed by atoms with Crippen LogP contribution in [0.4, 0.5) is 0 Å². The molecule has 2 atom stereocenters. The molecule has 0 aliphatic heterocycles. The first-order valence-corrected chi connectivity index (χ1v) is 7.97. The Bertz CT molecular complexity index is 594. The number of carbonyl (C=O) groups is 1. The Morgan fingerprint density at radius 3 is 2.14 bits per heavy atom. The first-order chi connectivity index (χ1) is 10.1. The summed E-state index contributed by atoms with van der Waals surface area (Å²) in [4.78, 5) is 10.8. The minimum absolute atomic E-state index is 0.197. The van der Waals surface area contributed by atoms with Crippen molar-refractivity contribution >= 4 is 27.0 Å². The van der Waals surface area contributed by atoms with E-state index >= 15 is 0 Å². The summed E-state index contributed by atoms with van der Waals surface area (Å²) in [6.07, 6.45) is -0.115. The van der Waals surface area contributed by atoms with Gasteiger partial charge in [-0.1, -0.05) is 0 Å². The average molecular weight is 363 g/mol. The summed E-state index contributed by atoms with van der Waals surface area (Å²) in [6.45, 7) is -0.730. The number of carbonyl (C=O) groups excluding carboxylic acids is 1. The molecule has 0 bridgehead atoms. The number of rotatable bonds is 11. The van der Waals surface area contributed by atoms with Crippen LogP contribution in [0.3, 0.4) is 0 Å². The van der Waals surface area contributed by atoms with E-state index in [0.29, 0.717) is 25.0 Å². The van der Waals surface area contributed by atoms with Gasteiger partial charge in [0.05, 0.1) is 6.61 Å². The van der Waals surface area contributed by atoms with Crippen LogP contribution in [0.1, 0.15) is 0 Å². The Kier molecular flexibility index (Phi) is 8.43. The predicted octanol–water partition coefficient (Wildman–Crippen LogP) is -1.90. The number of nitrogens with one attached hydrogen (secondary N) is 1. The Morgan fingerprint density at radius 1 is 1.05 bits per heavy atom. The van der Waals surface area contributed by atoms with Crippen LogP contribution in [-0.4, -0.2) is 56.1 Å². The summed E-state index contributed by atoms with van der Waals surface area (Å²) in [5.74, 6) is 0. The third-order valence-electron chi connectivity index (χ3n) is 1.69. The second kappa shape index (κ2) is 9.21. The van der Waals surface area contributed by atoms with Gasteiger partial charge in [0.1, 0.15) is 18.8 Å². The van der Waals surface area contributed by atoms with E-state index in [1.54, 1.807) is 0 Å². The van der Waals surface area contributed by atoms with Crippen LogP contribution in [0.2, 0.25) is 0 Å². The van der Waals surface area contributed by atoms with Gasteiger partial charge in [-0.15, -0.1) is 0 Å². The molecule has 12 nitrogen and oxygen atoms in total. The van der Waals surface area contributed by atoms with E-state index in [0.717, 1.165) is 0 Å². The molecule has 0 aliphatic rings. The van der Waals surface area contributed by atoms with Gasteiger partial charge in [0.2, 0.25) is 0 Å². The third-order valence-corrected chi connectivity index (χ3v) is 2.48. The molecule has 0 saturated heterocycles. The molecular weight excluding hydrogens is 350 g/mol. The van der Waals surface area contributed by atoms with Crippen molar-refractivity contribution in [1.29, 1.82) is 0 Å². The SMILES string of the molecule is O=CC(O/C=C\OS(=O)(=O)O)C(CO)O/C=C/NS(=O)(=O)O. The van der Waals surface area contributed by atoms with Crippen LogP contribution in [0.25, 0.3) is 0 Å². The first kappa shape index (κ1) is 20.1. The monoisotopic (exact) mass is 363 g/mol. The fraction of sp³-hybridized carbons (Fsp3) is 0.375. The maximum Gasteiger partial charge on any atom is 0.446 e. The fourth-order valence-corrected chi connectivity index (χ4v) is 1.31. The molecule has 128 valence electrons. The first-order valence-electron chi connectivity index (χ1n) is 5.16. The lowest BCUT2D eigenvalue weighted by Crippen LogP contribution is -2.34. The number of ether oxygens (including phenoxy) is 2. The number of aliphatic hydroxyl groups excluding tert-OH is 1. The van der Waals surface area contributed by atoms with Gasteiger partial charge >= 0.3 is 20.7 Å². The van der Waals surface area contributed by atoms with Gasteiger partial charge in [0.15, 0.2) is 18.5 Å². The van der Waals surface area contributed by atoms with Crippen molar-refractivity contribution in [1.82, 2.24) is 4.72 Å². The number of aliphatic hydroxyl groups is 1. The molecule has 0 aliphatic carbocycles. The molecular formula is C8H13NO11S2. The van der Waals surface area contributed by atoms with Crippen LogP contribution in [-0.2, 0) is 39.2 Å². The van der Waals surface area contributed by atoms with Crippen LogP contribution in [0, 0.1) is 0 Å². The second-order valence-corrected chi connectivity index (χ2v) is 5.52. The zero-order chi connectivity index (χ0) is 17.2. The van der Waals surface area contributed by atoms with E-state index in [-0.39, 0.29) is 6.29 Å². The lowest BCUT2D eigenvalue weighted by Gasteiger charge is -2.19. The number of hydrogen-bond acceptors (Lipinski definition) is 9. The standard InChI is InChI=1S/C8H13NO11S2/c10-5-7(18-2-1-9-21(12,13)14)8(6-11)19-3-4-20-22(15,16)17/h1-4,6-10H,5H2,(H,12,13,14)(H,15,16,17)/b2-1+,4-3-. The zero-order valence-corrected chi connectivity index (χ0v) is 12.3. The van der Waals surface area contributed by atoms with E-state index in [4.69, 9.17) is 18.9 Å². The van der Waals surface area contributed by atoms with E-state index in [1.165, 1.54) is 4.72 Å². The van der Waals surface area contributed by atoms with Crippen molar-refractivity contribution in [3.8, 4) is 0 Å². The smallest absolute Gasteiger partial charge is 0.446 e. The summed E-state index contributed by atoms with van der Waals surface area (Å²) in [7, 11) is -9.20. The fourth-order valence-electron chi connectivity index (χ4n) is 0.901. The normalized spacial score (nSPS) is 15.4. The lowest BCUT2D eigenvalue weighted by atomic mass is 10.2. The van der Waals surface area contributed by atoms with E-state index < -0.39 is 39.5 Å². The van der Waals surface area contributed by atoms with Crippen molar-refractivity contribution < 1.29 is 49.5 Å². The molecule has 22 heavy (non-hydrogen) atoms. The molecule has 0 aromatic carbocycles. The minimum atomic E-state index is -4.72. The highest BCUT2D eigenvalue weighted by atomic mass is 32.3. The van der Waals surface area contributed by atoms with Crippen LogP contribution < -0.4 is 4.72 Å². The van der Waals surface area contributed by atoms with E-state index in [1.807, 2.05) is 0 Å². The largest absolute Gasteiger partial charge is 0.490 e. The highest BCUT2D eigenvalue weighted by Crippen LogP contribution is 2.04. The summed E-state index contributed by atoms with van der Waals surface area (Å²) < 4.78 is 72.3. The number of hydrogen-bond donors (Lipinski definition) is 4. The Morgan fingerprint density at radius 2 is 1.68 bits per heavy atom. The quantitative estimate of drug-likeness (QED) is 0.182. The molecule has 0 aromatic heterocycles. The summed E-state index contributed by atoms with van der Waals surface area (Å²) in [6, 6.07) is 0. The van der Waals surface area contributed by atoms with Crippen LogP contribution in [0.5, 0.6) is 0 Å². The maximum absolute atomic E-state index is 10.8. The molecule has 0 spiro atoms. The summed E-state index contributed by atoms with van der Waals surface area (Å²) in [5.41, 5.74) is 0. The molecule has 14 heteroatoms. The van der Waals surface area contributed by atoms with Gasteiger partial charge in [0, 0.05) is 6.20 Å². The van der Waals surface area contributed by atoms with Crippen molar-refractivity contribution in [2.75, 3.05) is 6.61 Å². The second-order valence-electron chi connectivity index (χ2n) is 3.29. The van der Waals surface area contributed by atoms with Crippen molar-refractivity contribution in [3.63, 3.8) is 0 Å². The van der Waals surface area contributed by atoms with Crippen LogP contribution >= 0.6 is 0 Å². The molecule has 0 heterocycles. The van der Waals surface area contributed by atoms with Crippen molar-refractivity contribution in [2.45, 2.75) is 12.2 Å². The average Bonchev–Trinajstić information content (AvgIpc) is 2.38. The topological polar surface area (TPSA) is 186 Å². The highest BCUT2D eigenvalue weighted by molar-refractivity contribution is 7.83. The molecule has 0 amide bonds. The molecule has 0 saturated carbocycles. The molecule has 0 aromatic rings. The summed E-state index contributed by atoms with van der Waals surface area (Å²) in [5, 5.41) is 9.00. The maximum atomic E-state index is 10.8. The van der Waals surface area contributed by atoms with E-state index in [2.05, 4.69) is 8.92 Å². The van der Waals surface area contributed by atoms with Gasteiger partial charge in [0.25, 0.3) is 0 Å². The van der Waals surface area contributed by atoms with Gasteiger partial charge < -0.3 is 18.8 Å². The minimum Gasteiger partial charge on any atom is -0.490 e. The number of aldehydes is 1. The van der Waals surface area contributed by atoms with Crippen molar-refractivity contribution in [2.24, 2.45) is 0 Å². The predicted molar refractivity (Wildman–Crippen MR) is 68.5 cm³/mol. The van der Waals surface area contributed by atoms with Gasteiger partial charge in [-0.25, -0.2) is 0 Å². The van der Waals surface area contributed by atoms with Crippen LogP contribution in [0.15, 0.2) is 25.0 Å². The van der Waals surface area contributed by atoms with Crippen molar-refractivity contribution in [3.05, 3.63) is 25.0 Å². The molecule has 4 N–H and O–H groups in total. The highest BCUT2D eigenvalue weighted by Gasteiger charge is 2.21. The molecule has 0 fully saturated rings. The Labute approximate surface area is 125 Å². The van der Waals surface area contributed by atoms with E-state index in [9.17, 15) is 21.6 Å². The van der Waals surface area contributed by atoms with Gasteiger partial charge in [-0.05, 0) is 0 Å². The zero-order valence-electron chi connectivity index (χ0n) is 10.7. The Balaban J connectivity index is 4.51. The van der Waals surface area contributed by atoms with Gasteiger partial charge in [-0.3, -0.25) is 18.6 Å². The van der Waals surface area contributed by atoms with Gasteiger partial charge in [-0.2, -0.15) is 16.8 Å².